The Bertz CT molecular complexity index is 1520. The average molecular weight is 437 g/mol. The number of fused-ring (bicyclic) bond motifs is 2. The van der Waals surface area contributed by atoms with Gasteiger partial charge in [-0.05, 0) is 68.3 Å². The third-order valence-corrected chi connectivity index (χ3v) is 6.72. The average Bonchev–Trinajstić information content (AvgIpc) is 3.51. The molecule has 0 radical (unpaired) electrons. The standard InChI is InChI=1S/C27H24N4S/c1-5-8-16(3)18(6-2)22-12-13-23-26(29-22)27(31-30-23)24-15-20-19(9-7-10-21(20)28-24)25-14-11-17(4)32-25/h5-15,28H,1H2,2-4H3,(H,30,31)/b16-8-,18-6+. The third kappa shape index (κ3) is 3.41. The molecule has 0 unspecified atom stereocenters. The molecule has 1 aromatic carbocycles. The number of H-pyrrole nitrogens is 2. The van der Waals surface area contributed by atoms with Gasteiger partial charge in [0.2, 0.25) is 0 Å². The van der Waals surface area contributed by atoms with E-state index in [1.165, 1.54) is 20.7 Å². The molecule has 4 nitrogen and oxygen atoms in total. The molecule has 4 aromatic heterocycles. The molecule has 0 amide bonds. The maximum absolute atomic E-state index is 4.99. The molecule has 5 heteroatoms. The predicted molar refractivity (Wildman–Crippen MR) is 137 cm³/mol. The van der Waals surface area contributed by atoms with Crippen LogP contribution in [0.15, 0.2) is 78.9 Å². The minimum absolute atomic E-state index is 0.826. The Labute approximate surface area is 191 Å². The summed E-state index contributed by atoms with van der Waals surface area (Å²) in [6, 6.07) is 17.0. The number of aryl methyl sites for hydroxylation is 1. The zero-order valence-corrected chi connectivity index (χ0v) is 19.2. The van der Waals surface area contributed by atoms with E-state index < -0.39 is 0 Å². The molecular formula is C27H24N4S. The fourth-order valence-corrected chi connectivity index (χ4v) is 5.06. The van der Waals surface area contributed by atoms with Gasteiger partial charge in [0.1, 0.15) is 11.2 Å². The number of hydrogen-bond donors (Lipinski definition) is 2. The van der Waals surface area contributed by atoms with Crippen LogP contribution < -0.4 is 0 Å². The second-order valence-corrected chi connectivity index (χ2v) is 9.10. The summed E-state index contributed by atoms with van der Waals surface area (Å²) in [6.45, 7) is 10.1. The van der Waals surface area contributed by atoms with Crippen LogP contribution in [0.2, 0.25) is 0 Å². The maximum atomic E-state index is 4.99. The van der Waals surface area contributed by atoms with Crippen LogP contribution in [0.4, 0.5) is 0 Å². The van der Waals surface area contributed by atoms with Gasteiger partial charge in [-0.3, -0.25) is 5.10 Å². The molecule has 4 heterocycles. The Morgan fingerprint density at radius 3 is 2.72 bits per heavy atom. The smallest absolute Gasteiger partial charge is 0.135 e. The maximum Gasteiger partial charge on any atom is 0.135 e. The number of aromatic nitrogens is 4. The molecule has 5 rings (SSSR count). The molecule has 0 atom stereocenters. The fraction of sp³-hybridized carbons (Fsp3) is 0.111. The summed E-state index contributed by atoms with van der Waals surface area (Å²) in [5, 5.41) is 8.94. The first-order chi connectivity index (χ1) is 15.6. The van der Waals surface area contributed by atoms with Gasteiger partial charge in [0.25, 0.3) is 0 Å². The molecule has 0 fully saturated rings. The van der Waals surface area contributed by atoms with Crippen LogP contribution in [-0.2, 0) is 0 Å². The first kappa shape index (κ1) is 20.2. The van der Waals surface area contributed by atoms with Crippen LogP contribution in [0.25, 0.3) is 49.3 Å². The van der Waals surface area contributed by atoms with E-state index in [9.17, 15) is 0 Å². The van der Waals surface area contributed by atoms with Crippen LogP contribution in [0, 0.1) is 6.92 Å². The summed E-state index contributed by atoms with van der Waals surface area (Å²) in [4.78, 5) is 11.1. The minimum Gasteiger partial charge on any atom is -0.353 e. The number of nitrogens with one attached hydrogen (secondary N) is 2. The van der Waals surface area contributed by atoms with Crippen LogP contribution in [0.1, 0.15) is 24.4 Å². The molecule has 5 aromatic rings. The zero-order chi connectivity index (χ0) is 22.2. The van der Waals surface area contributed by atoms with Crippen molar-refractivity contribution in [1.29, 1.82) is 0 Å². The van der Waals surface area contributed by atoms with E-state index in [0.29, 0.717) is 0 Å². The lowest BCUT2D eigenvalue weighted by molar-refractivity contribution is 1.12. The first-order valence-electron chi connectivity index (χ1n) is 10.6. The van der Waals surface area contributed by atoms with Crippen LogP contribution >= 0.6 is 11.3 Å². The lowest BCUT2D eigenvalue weighted by Crippen LogP contribution is -1.92. The number of nitrogens with zero attached hydrogens (tertiary/aromatic N) is 2. The van der Waals surface area contributed by atoms with Crippen molar-refractivity contribution in [3.05, 3.63) is 89.5 Å². The molecule has 0 aliphatic rings. The number of pyridine rings is 1. The van der Waals surface area contributed by atoms with Crippen molar-refractivity contribution in [3.63, 3.8) is 0 Å². The Hall–Kier alpha value is -3.70. The molecule has 0 bridgehead atoms. The number of hydrogen-bond acceptors (Lipinski definition) is 3. The number of rotatable bonds is 5. The van der Waals surface area contributed by atoms with Gasteiger partial charge in [0, 0.05) is 26.2 Å². The van der Waals surface area contributed by atoms with Gasteiger partial charge in [-0.25, -0.2) is 4.98 Å². The number of aromatic amines is 2. The second kappa shape index (κ2) is 8.09. The lowest BCUT2D eigenvalue weighted by atomic mass is 10.0. The van der Waals surface area contributed by atoms with E-state index in [-0.39, 0.29) is 0 Å². The second-order valence-electron chi connectivity index (χ2n) is 7.81. The highest BCUT2D eigenvalue weighted by Gasteiger charge is 2.16. The van der Waals surface area contributed by atoms with Crippen molar-refractivity contribution in [3.8, 4) is 21.8 Å². The van der Waals surface area contributed by atoms with Crippen molar-refractivity contribution in [2.45, 2.75) is 20.8 Å². The quantitative estimate of drug-likeness (QED) is 0.278. The highest BCUT2D eigenvalue weighted by Crippen LogP contribution is 2.36. The summed E-state index contributed by atoms with van der Waals surface area (Å²) in [7, 11) is 0. The zero-order valence-electron chi connectivity index (χ0n) is 18.4. The molecule has 0 spiro atoms. The SMILES string of the molecule is C=C/C=C(C)\C(=C/C)c1ccc2[nH]nc(-c3cc4c(-c5ccc(C)s5)cccc4[nH]3)c2n1. The molecule has 32 heavy (non-hydrogen) atoms. The van der Waals surface area contributed by atoms with Crippen molar-refractivity contribution in [1.82, 2.24) is 20.2 Å². The highest BCUT2D eigenvalue weighted by atomic mass is 32.1. The van der Waals surface area contributed by atoms with Gasteiger partial charge in [-0.15, -0.1) is 11.3 Å². The van der Waals surface area contributed by atoms with Crippen molar-refractivity contribution in [2.24, 2.45) is 0 Å². The summed E-state index contributed by atoms with van der Waals surface area (Å²) >= 11 is 1.81. The molecule has 0 saturated heterocycles. The van der Waals surface area contributed by atoms with Crippen LogP contribution in [0.5, 0.6) is 0 Å². The van der Waals surface area contributed by atoms with E-state index >= 15 is 0 Å². The highest BCUT2D eigenvalue weighted by molar-refractivity contribution is 7.15. The van der Waals surface area contributed by atoms with E-state index in [0.717, 1.165) is 44.8 Å². The largest absolute Gasteiger partial charge is 0.353 e. The van der Waals surface area contributed by atoms with Crippen molar-refractivity contribution >= 4 is 38.8 Å². The third-order valence-electron chi connectivity index (χ3n) is 5.69. The molecule has 2 N–H and O–H groups in total. The van der Waals surface area contributed by atoms with Crippen LogP contribution in [-0.4, -0.2) is 20.2 Å². The van der Waals surface area contributed by atoms with E-state index in [1.54, 1.807) is 6.08 Å². The van der Waals surface area contributed by atoms with Crippen LogP contribution in [0.3, 0.4) is 0 Å². The summed E-state index contributed by atoms with van der Waals surface area (Å²) < 4.78 is 0. The number of allylic oxidation sites excluding steroid dienone is 5. The van der Waals surface area contributed by atoms with Gasteiger partial charge >= 0.3 is 0 Å². The van der Waals surface area contributed by atoms with Gasteiger partial charge < -0.3 is 4.98 Å². The van der Waals surface area contributed by atoms with Gasteiger partial charge in [0.15, 0.2) is 0 Å². The molecule has 0 aliphatic carbocycles. The van der Waals surface area contributed by atoms with E-state index in [4.69, 9.17) is 4.98 Å². The van der Waals surface area contributed by atoms with E-state index in [2.05, 4.69) is 78.1 Å². The van der Waals surface area contributed by atoms with Gasteiger partial charge in [-0.2, -0.15) is 5.10 Å². The van der Waals surface area contributed by atoms with Gasteiger partial charge in [0.05, 0.1) is 16.9 Å². The lowest BCUT2D eigenvalue weighted by Gasteiger charge is -2.07. The fourth-order valence-electron chi connectivity index (χ4n) is 4.16. The predicted octanol–water partition coefficient (Wildman–Crippen LogP) is 7.68. The summed E-state index contributed by atoms with van der Waals surface area (Å²) in [5.74, 6) is 0. The number of thiophene rings is 1. The van der Waals surface area contributed by atoms with Gasteiger partial charge in [-0.1, -0.05) is 36.9 Å². The van der Waals surface area contributed by atoms with E-state index in [1.807, 2.05) is 36.5 Å². The molecule has 0 aliphatic heterocycles. The first-order valence-corrected chi connectivity index (χ1v) is 11.4. The Morgan fingerprint density at radius 2 is 1.97 bits per heavy atom. The molecular weight excluding hydrogens is 412 g/mol. The summed E-state index contributed by atoms with van der Waals surface area (Å²) in [6.07, 6.45) is 5.89. The number of benzene rings is 1. The summed E-state index contributed by atoms with van der Waals surface area (Å²) in [5.41, 5.74) is 9.01. The minimum atomic E-state index is 0.826. The monoisotopic (exact) mass is 436 g/mol. The van der Waals surface area contributed by atoms with Crippen molar-refractivity contribution in [2.75, 3.05) is 0 Å². The normalized spacial score (nSPS) is 12.7. The Morgan fingerprint density at radius 1 is 1.09 bits per heavy atom. The Balaban J connectivity index is 1.65. The topological polar surface area (TPSA) is 57.4 Å². The Kier molecular flexibility index (Phi) is 5.11. The molecule has 0 saturated carbocycles. The molecule has 158 valence electrons. The van der Waals surface area contributed by atoms with Crippen molar-refractivity contribution < 1.29 is 0 Å².